The van der Waals surface area contributed by atoms with E-state index in [-0.39, 0.29) is 4.31 Å². The van der Waals surface area contributed by atoms with Crippen molar-refractivity contribution < 1.29 is 60.4 Å². The van der Waals surface area contributed by atoms with Crippen molar-refractivity contribution in [3.8, 4) is 0 Å². The summed E-state index contributed by atoms with van der Waals surface area (Å²) >= 11 is 0. The number of halogens is 8. The summed E-state index contributed by atoms with van der Waals surface area (Å²) in [5, 5.41) is 0. The van der Waals surface area contributed by atoms with Gasteiger partial charge in [0.1, 0.15) is 0 Å². The monoisotopic (exact) mass is 492 g/mol. The fourth-order valence-corrected chi connectivity index (χ4v) is 6.20. The van der Waals surface area contributed by atoms with Crippen LogP contribution in [0.15, 0.2) is 0 Å². The van der Waals surface area contributed by atoms with E-state index in [4.69, 9.17) is 0 Å². The molecule has 20 heteroatoms. The molecular weight excluding hydrogens is 482 g/mol. The predicted molar refractivity (Wildman–Crippen MR) is 75.2 cm³/mol. The zero-order valence-electron chi connectivity index (χ0n) is 13.1. The van der Waals surface area contributed by atoms with E-state index in [0.717, 1.165) is 4.13 Å². The van der Waals surface area contributed by atoms with E-state index in [1.165, 1.54) is 0 Å². The average molecular weight is 492 g/mol. The third kappa shape index (κ3) is 5.20. The molecule has 9 nitrogen and oxygen atoms in total. The van der Waals surface area contributed by atoms with Crippen molar-refractivity contribution in [3.05, 3.63) is 4.13 Å². The second-order valence-corrected chi connectivity index (χ2v) is 10.9. The van der Waals surface area contributed by atoms with Crippen LogP contribution in [0.3, 0.4) is 0 Å². The molecular formula is C8H10F8N3O6S3-. The zero-order chi connectivity index (χ0) is 22.4. The van der Waals surface area contributed by atoms with E-state index < -0.39 is 79.1 Å². The maximum Gasteiger partial charge on any atom is 0.480 e. The molecule has 0 aromatic rings. The van der Waals surface area contributed by atoms with Gasteiger partial charge in [0, 0.05) is 26.2 Å². The third-order valence-electron chi connectivity index (χ3n) is 3.16. The Balaban J connectivity index is 3.07. The van der Waals surface area contributed by atoms with Crippen molar-refractivity contribution in [1.82, 2.24) is 9.21 Å². The van der Waals surface area contributed by atoms with Crippen molar-refractivity contribution in [3.63, 3.8) is 0 Å². The fraction of sp³-hybridized carbons (Fsp3) is 1.00. The van der Waals surface area contributed by atoms with E-state index >= 15 is 0 Å². The Kier molecular flexibility index (Phi) is 6.71. The smallest absolute Gasteiger partial charge is 0.422 e. The summed E-state index contributed by atoms with van der Waals surface area (Å²) < 4.78 is 163. The van der Waals surface area contributed by atoms with Crippen LogP contribution in [0, 0.1) is 0 Å². The summed E-state index contributed by atoms with van der Waals surface area (Å²) in [7, 11) is -20.4. The molecule has 1 rings (SSSR count). The number of hydrogen-bond acceptors (Lipinski definition) is 7. The minimum Gasteiger partial charge on any atom is -0.422 e. The van der Waals surface area contributed by atoms with Crippen LogP contribution in [-0.2, 0) is 30.1 Å². The van der Waals surface area contributed by atoms with Crippen LogP contribution in [0.2, 0.25) is 0 Å². The van der Waals surface area contributed by atoms with Gasteiger partial charge < -0.3 is 4.13 Å². The van der Waals surface area contributed by atoms with Crippen molar-refractivity contribution in [2.75, 3.05) is 32.7 Å². The van der Waals surface area contributed by atoms with Crippen LogP contribution in [0.4, 0.5) is 35.1 Å². The second kappa shape index (κ2) is 7.45. The molecule has 1 fully saturated rings. The van der Waals surface area contributed by atoms with Gasteiger partial charge in [0.05, 0.1) is 6.54 Å². The molecule has 28 heavy (non-hydrogen) atoms. The van der Waals surface area contributed by atoms with Crippen LogP contribution < -0.4 is 0 Å². The van der Waals surface area contributed by atoms with Crippen molar-refractivity contribution in [2.24, 2.45) is 0 Å². The Bertz CT molecular complexity index is 887. The Hall–Kier alpha value is -0.830. The lowest BCUT2D eigenvalue weighted by Gasteiger charge is -2.36. The third-order valence-corrected chi connectivity index (χ3v) is 8.83. The minimum atomic E-state index is -7.09. The number of nitrogens with zero attached hydrogens (tertiary/aromatic N) is 3. The van der Waals surface area contributed by atoms with Crippen molar-refractivity contribution >= 4 is 30.1 Å². The van der Waals surface area contributed by atoms with E-state index in [1.54, 1.807) is 0 Å². The number of piperazine rings is 1. The molecule has 0 atom stereocenters. The molecule has 0 radical (unpaired) electrons. The van der Waals surface area contributed by atoms with Gasteiger partial charge >= 0.3 is 16.3 Å². The van der Waals surface area contributed by atoms with Gasteiger partial charge in [-0.15, -0.1) is 0 Å². The van der Waals surface area contributed by atoms with Gasteiger partial charge in [-0.2, -0.15) is 39.4 Å². The Labute approximate surface area is 153 Å². The first-order chi connectivity index (χ1) is 12.1. The van der Waals surface area contributed by atoms with E-state index in [9.17, 15) is 60.4 Å². The first-order valence-electron chi connectivity index (χ1n) is 6.61. The van der Waals surface area contributed by atoms with Gasteiger partial charge in [-0.1, -0.05) is 0 Å². The van der Waals surface area contributed by atoms with E-state index in [1.807, 2.05) is 0 Å². The van der Waals surface area contributed by atoms with Crippen molar-refractivity contribution in [1.29, 1.82) is 0 Å². The zero-order valence-corrected chi connectivity index (χ0v) is 15.5. The topological polar surface area (TPSA) is 123 Å². The highest BCUT2D eigenvalue weighted by molar-refractivity contribution is 8.18. The highest BCUT2D eigenvalue weighted by Crippen LogP contribution is 2.40. The molecule has 0 spiro atoms. The molecule has 0 aliphatic carbocycles. The van der Waals surface area contributed by atoms with Gasteiger partial charge in [0.15, 0.2) is 20.0 Å². The van der Waals surface area contributed by atoms with Crippen LogP contribution in [0.5, 0.6) is 0 Å². The highest BCUT2D eigenvalue weighted by Gasteiger charge is 2.58. The highest BCUT2D eigenvalue weighted by atomic mass is 32.3. The maximum atomic E-state index is 13.9. The normalized spacial score (nSPS) is 19.7. The van der Waals surface area contributed by atoms with Gasteiger partial charge in [-0.3, -0.25) is 4.90 Å². The van der Waals surface area contributed by atoms with Crippen LogP contribution in [0.1, 0.15) is 0 Å². The maximum absolute atomic E-state index is 13.9. The number of alkyl halides is 8. The lowest BCUT2D eigenvalue weighted by atomic mass is 10.3. The summed E-state index contributed by atoms with van der Waals surface area (Å²) in [5.41, 5.74) is -6.40. The molecule has 0 aromatic carbocycles. The Morgan fingerprint density at radius 1 is 0.714 bits per heavy atom. The molecule has 0 N–H and O–H groups in total. The second-order valence-electron chi connectivity index (χ2n) is 5.23. The first-order valence-corrected chi connectivity index (χ1v) is 10.9. The number of sulfonamides is 3. The van der Waals surface area contributed by atoms with E-state index in [2.05, 4.69) is 0 Å². The summed E-state index contributed by atoms with van der Waals surface area (Å²) in [6.07, 6.45) is -4.70. The molecule has 1 aliphatic heterocycles. The summed E-state index contributed by atoms with van der Waals surface area (Å²) in [5.74, 6) is 0. The van der Waals surface area contributed by atoms with E-state index in [0.29, 0.717) is 4.90 Å². The fourth-order valence-electron chi connectivity index (χ4n) is 1.88. The number of hydrogen-bond donors (Lipinski definition) is 0. The van der Waals surface area contributed by atoms with Gasteiger partial charge in [-0.05, 0) is 0 Å². The Morgan fingerprint density at radius 3 is 1.50 bits per heavy atom. The quantitative estimate of drug-likeness (QED) is 0.498. The largest absolute Gasteiger partial charge is 0.480 e. The molecule has 0 aromatic heterocycles. The summed E-state index contributed by atoms with van der Waals surface area (Å²) in [6.45, 7) is -5.15. The minimum absolute atomic E-state index is 0.285. The van der Waals surface area contributed by atoms with Gasteiger partial charge in [0.2, 0.25) is 0 Å². The SMILES string of the molecule is O=S(=O)([N-]S(=O)(=O)C(F)(F)S(=O)(=O)N1CCN(CC(F)(F)F)CC1)C(F)(F)F. The molecule has 0 bridgehead atoms. The molecule has 0 saturated carbocycles. The predicted octanol–water partition coefficient (Wildman–Crippen LogP) is 0.600. The average Bonchev–Trinajstić information content (AvgIpc) is 2.43. The van der Waals surface area contributed by atoms with Gasteiger partial charge in [0.25, 0.3) is 10.0 Å². The molecule has 168 valence electrons. The van der Waals surface area contributed by atoms with Crippen LogP contribution >= 0.6 is 0 Å². The summed E-state index contributed by atoms with van der Waals surface area (Å²) in [4.78, 5) is 0.608. The Morgan fingerprint density at radius 2 is 1.14 bits per heavy atom. The van der Waals surface area contributed by atoms with Crippen LogP contribution in [0.25, 0.3) is 4.13 Å². The molecule has 1 saturated heterocycles. The van der Waals surface area contributed by atoms with Crippen LogP contribution in [-0.4, -0.2) is 83.5 Å². The molecule has 1 aliphatic rings. The standard InChI is InChI=1S/C8H10F8N3O6S3/c9-6(10,11)5-18-1-3-19(4-2-18)28(24,25)8(15,16)27(22,23)17-26(20,21)7(12,13)14/h1-5H2/q-1. The summed E-state index contributed by atoms with van der Waals surface area (Å²) in [6, 6.07) is 0. The number of rotatable bonds is 6. The molecule has 0 amide bonds. The van der Waals surface area contributed by atoms with Crippen molar-refractivity contribution in [2.45, 2.75) is 16.3 Å². The first kappa shape index (κ1) is 25.2. The lowest BCUT2D eigenvalue weighted by Crippen LogP contribution is -2.55. The molecule has 0 unspecified atom stereocenters. The molecule has 1 heterocycles. The van der Waals surface area contributed by atoms with Gasteiger partial charge in [-0.25, -0.2) is 25.3 Å². The lowest BCUT2D eigenvalue weighted by molar-refractivity contribution is -0.148.